The van der Waals surface area contributed by atoms with Gasteiger partial charge in [0.2, 0.25) is 11.8 Å². The van der Waals surface area contributed by atoms with Crippen molar-refractivity contribution in [3.8, 4) is 5.75 Å². The second kappa shape index (κ2) is 16.6. The standard InChI is InChI=1S/C39H46N8O5/c1-3-16-41-23-35(49)47-33(21-27-12-14-30(48)15-13-27)38(51)46(26-34(47)43-39(52)42-22-28-8-5-4-6-9-28)24-29-10-7-11-31-32(25-44(2)36(29)31)37(50)45-19-17-40-18-20-45/h3-15,25,33-34,40-41,48H,1,16-24,26H2,2H3,(H2,42,43,52)/t33-,34+/m0/s1. The molecule has 0 spiro atoms. The Morgan fingerprint density at radius 1 is 0.981 bits per heavy atom. The molecule has 6 rings (SSSR count). The first-order chi connectivity index (χ1) is 25.2. The number of urea groups is 1. The number of aromatic hydroxyl groups is 1. The minimum atomic E-state index is -0.965. The Balaban J connectivity index is 1.32. The van der Waals surface area contributed by atoms with Crippen molar-refractivity contribution < 1.29 is 24.3 Å². The van der Waals surface area contributed by atoms with E-state index in [2.05, 4.69) is 27.8 Å². The lowest BCUT2D eigenvalue weighted by Gasteiger charge is -2.46. The van der Waals surface area contributed by atoms with Crippen LogP contribution >= 0.6 is 0 Å². The Hall–Kier alpha value is -5.66. The fourth-order valence-corrected chi connectivity index (χ4v) is 7.03. The van der Waals surface area contributed by atoms with Crippen LogP contribution in [0.3, 0.4) is 0 Å². The lowest BCUT2D eigenvalue weighted by molar-refractivity contribution is -0.156. The molecule has 3 aromatic carbocycles. The van der Waals surface area contributed by atoms with E-state index >= 15 is 0 Å². The molecule has 0 radical (unpaired) electrons. The van der Waals surface area contributed by atoms with Crippen LogP contribution in [0.2, 0.25) is 0 Å². The van der Waals surface area contributed by atoms with Crippen LogP contribution in [-0.4, -0.2) is 106 Å². The molecule has 2 aliphatic rings. The Morgan fingerprint density at radius 3 is 2.46 bits per heavy atom. The number of carbonyl (C=O) groups is 4. The highest BCUT2D eigenvalue weighted by molar-refractivity contribution is 6.07. The van der Waals surface area contributed by atoms with Crippen molar-refractivity contribution in [2.75, 3.05) is 45.8 Å². The van der Waals surface area contributed by atoms with E-state index < -0.39 is 18.2 Å². The molecule has 2 fully saturated rings. The molecule has 0 aliphatic carbocycles. The summed E-state index contributed by atoms with van der Waals surface area (Å²) in [7, 11) is 1.89. The number of hydrogen-bond donors (Lipinski definition) is 5. The van der Waals surface area contributed by atoms with Gasteiger partial charge in [0.1, 0.15) is 18.0 Å². The predicted octanol–water partition coefficient (Wildman–Crippen LogP) is 2.31. The number of benzene rings is 3. The molecule has 0 saturated carbocycles. The predicted molar refractivity (Wildman–Crippen MR) is 198 cm³/mol. The second-order valence-corrected chi connectivity index (χ2v) is 13.2. The van der Waals surface area contributed by atoms with E-state index in [4.69, 9.17) is 0 Å². The Kier molecular flexibility index (Phi) is 11.5. The van der Waals surface area contributed by atoms with E-state index in [9.17, 15) is 24.3 Å². The molecule has 272 valence electrons. The van der Waals surface area contributed by atoms with Gasteiger partial charge in [0.05, 0.1) is 24.2 Å². The highest BCUT2D eigenvalue weighted by Crippen LogP contribution is 2.29. The van der Waals surface area contributed by atoms with Gasteiger partial charge in [0.25, 0.3) is 5.91 Å². The van der Waals surface area contributed by atoms with Crippen molar-refractivity contribution in [3.63, 3.8) is 0 Å². The summed E-state index contributed by atoms with van der Waals surface area (Å²) in [5.41, 5.74) is 3.92. The van der Waals surface area contributed by atoms with Crippen LogP contribution in [0, 0.1) is 0 Å². The minimum absolute atomic E-state index is 0.0303. The van der Waals surface area contributed by atoms with Crippen molar-refractivity contribution in [1.82, 2.24) is 40.5 Å². The Morgan fingerprint density at radius 2 is 1.73 bits per heavy atom. The summed E-state index contributed by atoms with van der Waals surface area (Å²) >= 11 is 0. The summed E-state index contributed by atoms with van der Waals surface area (Å²) in [6, 6.07) is 20.3. The van der Waals surface area contributed by atoms with Crippen LogP contribution in [-0.2, 0) is 36.1 Å². The van der Waals surface area contributed by atoms with Gasteiger partial charge in [-0.05, 0) is 28.8 Å². The van der Waals surface area contributed by atoms with Gasteiger partial charge >= 0.3 is 6.03 Å². The fraction of sp³-hybridized carbons (Fsp3) is 0.333. The number of carbonyl (C=O) groups excluding carboxylic acids is 4. The van der Waals surface area contributed by atoms with E-state index in [1.165, 1.54) is 4.90 Å². The molecule has 4 aromatic rings. The van der Waals surface area contributed by atoms with E-state index in [1.807, 2.05) is 71.2 Å². The number of amides is 5. The maximum atomic E-state index is 14.6. The quantitative estimate of drug-likeness (QED) is 0.112. The Bertz CT molecular complexity index is 1910. The molecule has 52 heavy (non-hydrogen) atoms. The zero-order valence-corrected chi connectivity index (χ0v) is 29.4. The van der Waals surface area contributed by atoms with E-state index in [0.717, 1.165) is 40.7 Å². The third-order valence-corrected chi connectivity index (χ3v) is 9.55. The number of aromatic nitrogens is 1. The summed E-state index contributed by atoms with van der Waals surface area (Å²) in [5, 5.41) is 22.9. The first-order valence-corrected chi connectivity index (χ1v) is 17.6. The lowest BCUT2D eigenvalue weighted by Crippen LogP contribution is -2.69. The number of phenols is 1. The van der Waals surface area contributed by atoms with Crippen LogP contribution in [0.1, 0.15) is 27.0 Å². The summed E-state index contributed by atoms with van der Waals surface area (Å²) in [6.45, 7) is 7.27. The molecule has 5 N–H and O–H groups in total. The number of hydrogen-bond acceptors (Lipinski definition) is 7. The molecule has 0 bridgehead atoms. The normalized spacial score (nSPS) is 17.6. The van der Waals surface area contributed by atoms with E-state index in [0.29, 0.717) is 25.2 Å². The maximum Gasteiger partial charge on any atom is 0.316 e. The number of fused-ring (bicyclic) bond motifs is 1. The lowest BCUT2D eigenvalue weighted by atomic mass is 9.98. The molecular formula is C39H46N8O5. The van der Waals surface area contributed by atoms with Gasteiger partial charge in [-0.15, -0.1) is 6.58 Å². The topological polar surface area (TPSA) is 151 Å². The molecular weight excluding hydrogens is 660 g/mol. The highest BCUT2D eigenvalue weighted by Gasteiger charge is 2.44. The second-order valence-electron chi connectivity index (χ2n) is 13.2. The largest absolute Gasteiger partial charge is 0.508 e. The fourth-order valence-electron chi connectivity index (χ4n) is 7.03. The van der Waals surface area contributed by atoms with Crippen LogP contribution in [0.25, 0.3) is 10.9 Å². The number of phenolic OH excluding ortho intramolecular Hbond substituents is 1. The Labute approximate surface area is 303 Å². The van der Waals surface area contributed by atoms with Gasteiger partial charge < -0.3 is 45.6 Å². The van der Waals surface area contributed by atoms with Gasteiger partial charge in [-0.2, -0.15) is 0 Å². The van der Waals surface area contributed by atoms with Crippen molar-refractivity contribution in [3.05, 3.63) is 114 Å². The molecule has 2 saturated heterocycles. The average molecular weight is 707 g/mol. The average Bonchev–Trinajstić information content (AvgIpc) is 3.50. The SMILES string of the molecule is C=CCNCC(=O)N1[C@@H](NC(=O)NCc2ccccc2)CN(Cc2cccc3c(C(=O)N4CCNCC4)cn(C)c23)C(=O)[C@@H]1Cc1ccc(O)cc1. The zero-order valence-electron chi connectivity index (χ0n) is 29.4. The molecule has 5 amide bonds. The van der Waals surface area contributed by atoms with Gasteiger partial charge in [-0.3, -0.25) is 14.4 Å². The summed E-state index contributed by atoms with van der Waals surface area (Å²) < 4.78 is 1.93. The first kappa shape index (κ1) is 36.1. The van der Waals surface area contributed by atoms with Crippen molar-refractivity contribution >= 4 is 34.7 Å². The smallest absolute Gasteiger partial charge is 0.316 e. The highest BCUT2D eigenvalue weighted by atomic mass is 16.3. The number of para-hydroxylation sites is 1. The van der Waals surface area contributed by atoms with Crippen LogP contribution in [0.5, 0.6) is 5.75 Å². The van der Waals surface area contributed by atoms with Crippen molar-refractivity contribution in [1.29, 1.82) is 0 Å². The number of nitrogens with one attached hydrogen (secondary N) is 4. The van der Waals surface area contributed by atoms with E-state index in [-0.39, 0.29) is 56.1 Å². The molecule has 0 unspecified atom stereocenters. The van der Waals surface area contributed by atoms with Crippen LogP contribution in [0.4, 0.5) is 4.79 Å². The summed E-state index contributed by atoms with van der Waals surface area (Å²) in [6.07, 6.45) is 2.78. The molecule has 2 atom stereocenters. The first-order valence-electron chi connectivity index (χ1n) is 17.6. The van der Waals surface area contributed by atoms with Crippen LogP contribution < -0.4 is 21.3 Å². The molecule has 13 nitrogen and oxygen atoms in total. The van der Waals surface area contributed by atoms with Crippen molar-refractivity contribution in [2.45, 2.75) is 31.7 Å². The number of piperazine rings is 2. The number of aryl methyl sites for hydroxylation is 1. The third-order valence-electron chi connectivity index (χ3n) is 9.55. The molecule has 3 heterocycles. The summed E-state index contributed by atoms with van der Waals surface area (Å²) in [5.74, 6) is -0.580. The minimum Gasteiger partial charge on any atom is -0.508 e. The van der Waals surface area contributed by atoms with Gasteiger partial charge in [0, 0.05) is 70.9 Å². The van der Waals surface area contributed by atoms with Crippen molar-refractivity contribution in [2.24, 2.45) is 7.05 Å². The molecule has 2 aliphatic heterocycles. The maximum absolute atomic E-state index is 14.6. The van der Waals surface area contributed by atoms with Gasteiger partial charge in [-0.25, -0.2) is 4.79 Å². The monoisotopic (exact) mass is 706 g/mol. The van der Waals surface area contributed by atoms with Crippen LogP contribution in [0.15, 0.2) is 91.6 Å². The number of rotatable bonds is 12. The zero-order chi connectivity index (χ0) is 36.6. The summed E-state index contributed by atoms with van der Waals surface area (Å²) in [4.78, 5) is 60.5. The number of nitrogens with zero attached hydrogens (tertiary/aromatic N) is 4. The third kappa shape index (κ3) is 8.27. The van der Waals surface area contributed by atoms with Gasteiger partial charge in [-0.1, -0.05) is 66.7 Å². The van der Waals surface area contributed by atoms with Gasteiger partial charge in [0.15, 0.2) is 0 Å². The molecule has 1 aromatic heterocycles. The molecule has 13 heteroatoms. The van der Waals surface area contributed by atoms with E-state index in [1.54, 1.807) is 35.2 Å².